The molecule has 1 aromatic heterocycles. The molecule has 1 aliphatic heterocycles. The van der Waals surface area contributed by atoms with E-state index in [1.807, 2.05) is 37.3 Å². The van der Waals surface area contributed by atoms with Gasteiger partial charge in [-0.3, -0.25) is 4.79 Å². The van der Waals surface area contributed by atoms with Crippen molar-refractivity contribution in [2.75, 3.05) is 7.11 Å². The molecule has 0 N–H and O–H groups in total. The fraction of sp³-hybridized carbons (Fsp3) is 0.188. The number of aliphatic imine (C=N–C) groups is 1. The van der Waals surface area contributed by atoms with Crippen LogP contribution >= 0.6 is 0 Å². The van der Waals surface area contributed by atoms with E-state index in [0.29, 0.717) is 17.1 Å². The molecule has 0 saturated heterocycles. The molecule has 4 nitrogen and oxygen atoms in total. The largest absolute Gasteiger partial charge is 0.496 e. The zero-order valence-electron chi connectivity index (χ0n) is 11.4. The van der Waals surface area contributed by atoms with Crippen LogP contribution in [0, 0.1) is 6.92 Å². The zero-order valence-corrected chi connectivity index (χ0v) is 11.4. The van der Waals surface area contributed by atoms with E-state index in [2.05, 4.69) is 9.98 Å². The van der Waals surface area contributed by atoms with Crippen molar-refractivity contribution >= 4 is 17.3 Å². The van der Waals surface area contributed by atoms with Gasteiger partial charge in [-0.1, -0.05) is 12.1 Å². The normalized spacial score (nSPS) is 13.7. The van der Waals surface area contributed by atoms with E-state index < -0.39 is 0 Å². The van der Waals surface area contributed by atoms with Crippen molar-refractivity contribution < 1.29 is 9.53 Å². The fourth-order valence-electron chi connectivity index (χ4n) is 2.31. The highest BCUT2D eigenvalue weighted by Gasteiger charge is 2.23. The smallest absolute Gasteiger partial charge is 0.172 e. The summed E-state index contributed by atoms with van der Waals surface area (Å²) in [5, 5.41) is 0. The van der Waals surface area contributed by atoms with Crippen molar-refractivity contribution in [2.24, 2.45) is 4.99 Å². The van der Waals surface area contributed by atoms with Crippen molar-refractivity contribution in [2.45, 2.75) is 13.3 Å². The van der Waals surface area contributed by atoms with E-state index in [9.17, 15) is 4.79 Å². The van der Waals surface area contributed by atoms with Gasteiger partial charge in [0.2, 0.25) is 0 Å². The Morgan fingerprint density at radius 1 is 1.20 bits per heavy atom. The van der Waals surface area contributed by atoms with Gasteiger partial charge >= 0.3 is 0 Å². The molecule has 0 unspecified atom stereocenters. The van der Waals surface area contributed by atoms with E-state index in [1.165, 1.54) is 0 Å². The Morgan fingerprint density at radius 3 is 2.80 bits per heavy atom. The van der Waals surface area contributed by atoms with E-state index in [1.54, 1.807) is 13.3 Å². The Kier molecular flexibility index (Phi) is 3.06. The summed E-state index contributed by atoms with van der Waals surface area (Å²) in [6.07, 6.45) is 2.00. The molecule has 0 amide bonds. The monoisotopic (exact) mass is 266 g/mol. The number of carbonyl (C=O) groups excluding carboxylic acids is 1. The second-order valence-corrected chi connectivity index (χ2v) is 4.74. The highest BCUT2D eigenvalue weighted by molar-refractivity contribution is 6.21. The molecule has 0 radical (unpaired) electrons. The molecule has 2 aromatic rings. The van der Waals surface area contributed by atoms with Gasteiger partial charge in [-0.15, -0.1) is 0 Å². The lowest BCUT2D eigenvalue weighted by molar-refractivity contribution is 0.0999. The number of ketones is 1. The van der Waals surface area contributed by atoms with Crippen molar-refractivity contribution in [3.63, 3.8) is 0 Å². The lowest BCUT2D eigenvalue weighted by Crippen LogP contribution is -2.16. The predicted molar refractivity (Wildman–Crippen MR) is 77.1 cm³/mol. The number of hydrogen-bond acceptors (Lipinski definition) is 4. The maximum absolute atomic E-state index is 12.3. The standard InChI is InChI=1S/C16H14N2O2/c1-10-7-12-14(19)8-13(18-16(12)17-9-10)11-5-3-4-6-15(11)20-2/h3-7,9H,8H2,1-2H3. The van der Waals surface area contributed by atoms with Crippen LogP contribution in [0.3, 0.4) is 0 Å². The highest BCUT2D eigenvalue weighted by atomic mass is 16.5. The number of pyridine rings is 1. The average Bonchev–Trinajstić information content (AvgIpc) is 2.47. The summed E-state index contributed by atoms with van der Waals surface area (Å²) in [4.78, 5) is 21.0. The Morgan fingerprint density at radius 2 is 2.00 bits per heavy atom. The molecule has 3 rings (SSSR count). The Hall–Kier alpha value is -2.49. The molecule has 0 saturated carbocycles. The van der Waals surface area contributed by atoms with Gasteiger partial charge in [0.05, 0.1) is 24.8 Å². The van der Waals surface area contributed by atoms with Crippen LogP contribution in [0.25, 0.3) is 0 Å². The van der Waals surface area contributed by atoms with Gasteiger partial charge in [0.15, 0.2) is 11.6 Å². The Bertz CT molecular complexity index is 720. The summed E-state index contributed by atoms with van der Waals surface area (Å²) in [6, 6.07) is 9.41. The van der Waals surface area contributed by atoms with E-state index >= 15 is 0 Å². The number of carbonyl (C=O) groups is 1. The molecule has 20 heavy (non-hydrogen) atoms. The van der Waals surface area contributed by atoms with Gasteiger partial charge in [0, 0.05) is 11.8 Å². The number of fused-ring (bicyclic) bond motifs is 1. The van der Waals surface area contributed by atoms with Gasteiger partial charge < -0.3 is 4.74 Å². The van der Waals surface area contributed by atoms with Gasteiger partial charge in [-0.05, 0) is 30.7 Å². The van der Waals surface area contributed by atoms with E-state index in [0.717, 1.165) is 16.9 Å². The van der Waals surface area contributed by atoms with Crippen LogP contribution in [-0.4, -0.2) is 23.6 Å². The minimum Gasteiger partial charge on any atom is -0.496 e. The van der Waals surface area contributed by atoms with Crippen LogP contribution in [0.15, 0.2) is 41.5 Å². The highest BCUT2D eigenvalue weighted by Crippen LogP contribution is 2.29. The van der Waals surface area contributed by atoms with E-state index in [4.69, 9.17) is 4.74 Å². The molecule has 0 aliphatic carbocycles. The molecule has 2 heterocycles. The summed E-state index contributed by atoms with van der Waals surface area (Å²) in [7, 11) is 1.61. The molecule has 4 heteroatoms. The first kappa shape index (κ1) is 12.5. The second kappa shape index (κ2) is 4.89. The summed E-state index contributed by atoms with van der Waals surface area (Å²) in [6.45, 7) is 1.92. The number of rotatable bonds is 2. The molecule has 0 fully saturated rings. The number of hydrogen-bond donors (Lipinski definition) is 0. The number of aromatic nitrogens is 1. The summed E-state index contributed by atoms with van der Waals surface area (Å²) < 4.78 is 5.33. The van der Waals surface area contributed by atoms with Crippen molar-refractivity contribution in [3.8, 4) is 5.75 Å². The molecule has 0 atom stereocenters. The van der Waals surface area contributed by atoms with Gasteiger partial charge in [-0.2, -0.15) is 0 Å². The third-order valence-corrected chi connectivity index (χ3v) is 3.29. The average molecular weight is 266 g/mol. The summed E-state index contributed by atoms with van der Waals surface area (Å²) in [5.41, 5.74) is 3.12. The maximum atomic E-state index is 12.3. The SMILES string of the molecule is COc1ccccc1C1=Nc2ncc(C)cc2C(=O)C1. The van der Waals surface area contributed by atoms with Gasteiger partial charge in [0.1, 0.15) is 5.75 Å². The number of Topliss-reactive ketones (excluding diaryl/α,β-unsaturated/α-hetero) is 1. The minimum absolute atomic E-state index is 0.0482. The molecule has 0 bridgehead atoms. The molecular weight excluding hydrogens is 252 g/mol. The first-order chi connectivity index (χ1) is 9.69. The number of para-hydroxylation sites is 1. The van der Waals surface area contributed by atoms with Crippen LogP contribution in [0.1, 0.15) is 27.9 Å². The van der Waals surface area contributed by atoms with Crippen molar-refractivity contribution in [1.29, 1.82) is 0 Å². The summed E-state index contributed by atoms with van der Waals surface area (Å²) in [5.74, 6) is 1.26. The maximum Gasteiger partial charge on any atom is 0.172 e. The fourth-order valence-corrected chi connectivity index (χ4v) is 2.31. The zero-order chi connectivity index (χ0) is 14.1. The van der Waals surface area contributed by atoms with Crippen molar-refractivity contribution in [3.05, 3.63) is 53.2 Å². The lowest BCUT2D eigenvalue weighted by Gasteiger charge is -2.16. The number of nitrogens with zero attached hydrogens (tertiary/aromatic N) is 2. The number of ether oxygens (including phenoxy) is 1. The van der Waals surface area contributed by atoms with Gasteiger partial charge in [0.25, 0.3) is 0 Å². The lowest BCUT2D eigenvalue weighted by atomic mass is 9.97. The van der Waals surface area contributed by atoms with E-state index in [-0.39, 0.29) is 12.2 Å². The number of methoxy groups -OCH3 is 1. The first-order valence-electron chi connectivity index (χ1n) is 6.40. The van der Waals surface area contributed by atoms with Crippen LogP contribution in [-0.2, 0) is 0 Å². The molecule has 100 valence electrons. The van der Waals surface area contributed by atoms with Crippen LogP contribution in [0.5, 0.6) is 5.75 Å². The molecule has 1 aromatic carbocycles. The number of benzene rings is 1. The third-order valence-electron chi connectivity index (χ3n) is 3.29. The van der Waals surface area contributed by atoms with Crippen LogP contribution < -0.4 is 4.74 Å². The Balaban J connectivity index is 2.13. The van der Waals surface area contributed by atoms with Gasteiger partial charge in [-0.25, -0.2) is 9.98 Å². The third kappa shape index (κ3) is 2.09. The summed E-state index contributed by atoms with van der Waals surface area (Å²) >= 11 is 0. The minimum atomic E-state index is 0.0482. The van der Waals surface area contributed by atoms with Crippen LogP contribution in [0.4, 0.5) is 5.82 Å². The molecule has 1 aliphatic rings. The number of aryl methyl sites for hydroxylation is 1. The predicted octanol–water partition coefficient (Wildman–Crippen LogP) is 3.11. The Labute approximate surface area is 117 Å². The molecular formula is C16H14N2O2. The van der Waals surface area contributed by atoms with Crippen molar-refractivity contribution in [1.82, 2.24) is 4.98 Å². The topological polar surface area (TPSA) is 51.6 Å². The van der Waals surface area contributed by atoms with Crippen LogP contribution in [0.2, 0.25) is 0 Å². The second-order valence-electron chi connectivity index (χ2n) is 4.74. The quantitative estimate of drug-likeness (QED) is 0.839. The first-order valence-corrected chi connectivity index (χ1v) is 6.40. The molecule has 0 spiro atoms.